The first kappa shape index (κ1) is 35.7. The second-order valence-electron chi connectivity index (χ2n) is 8.96. The molecule has 47 heavy (non-hydrogen) atoms. The number of anilines is 1. The lowest BCUT2D eigenvalue weighted by molar-refractivity contribution is -0.142. The molecule has 3 unspecified atom stereocenters. The molecule has 0 fully saturated rings. The summed E-state index contributed by atoms with van der Waals surface area (Å²) in [4.78, 5) is -2.46. The van der Waals surface area contributed by atoms with Gasteiger partial charge in [-0.15, -0.1) is 0 Å². The van der Waals surface area contributed by atoms with Gasteiger partial charge in [0.15, 0.2) is 75.6 Å². The lowest BCUT2D eigenvalue weighted by Gasteiger charge is -2.52. The molecule has 0 aromatic heterocycles. The van der Waals surface area contributed by atoms with Crippen LogP contribution in [0.4, 0.5) is 89.1 Å². The first-order valence-electron chi connectivity index (χ1n) is 11.3. The quantitative estimate of drug-likeness (QED) is 0.101. The molecule has 0 radical (unpaired) electrons. The number of benzene rings is 3. The van der Waals surface area contributed by atoms with Crippen LogP contribution in [-0.4, -0.2) is 23.5 Å². The highest BCUT2D eigenvalue weighted by Crippen LogP contribution is 2.62. The summed E-state index contributed by atoms with van der Waals surface area (Å²) in [5, 5.41) is 18.1. The molecule has 0 spiro atoms. The lowest BCUT2D eigenvalue weighted by Crippen LogP contribution is -2.66. The molecule has 24 heteroatoms. The van der Waals surface area contributed by atoms with E-state index in [2.05, 4.69) is 4.65 Å². The Hall–Kier alpha value is -4.19. The van der Waals surface area contributed by atoms with Crippen LogP contribution in [0.1, 0.15) is 11.1 Å². The molecule has 1 aliphatic rings. The first-order valence-corrected chi connectivity index (χ1v) is 11.3. The summed E-state index contributed by atoms with van der Waals surface area (Å²) < 4.78 is 286. The molecular formula is C23H3BF19NO3. The number of rotatable bonds is 5. The Kier molecular flexibility index (Phi) is 8.73. The van der Waals surface area contributed by atoms with Gasteiger partial charge in [-0.1, -0.05) is 0 Å². The topological polar surface area (TPSA) is 52.9 Å². The summed E-state index contributed by atoms with van der Waals surface area (Å²) in [5.74, 6) is -67.5. The predicted molar refractivity (Wildman–Crippen MR) is 111 cm³/mol. The fourth-order valence-corrected chi connectivity index (χ4v) is 4.59. The first-order chi connectivity index (χ1) is 21.5. The van der Waals surface area contributed by atoms with E-state index in [9.17, 15) is 48.3 Å². The molecule has 3 aromatic rings. The van der Waals surface area contributed by atoms with Crippen LogP contribution in [0, 0.1) is 87.3 Å². The van der Waals surface area contributed by atoms with E-state index in [1.165, 1.54) is 0 Å². The van der Waals surface area contributed by atoms with Crippen molar-refractivity contribution < 1.29 is 98.1 Å². The van der Waals surface area contributed by atoms with Crippen LogP contribution in [0.25, 0.3) is 0 Å². The van der Waals surface area contributed by atoms with Crippen molar-refractivity contribution in [2.24, 2.45) is 0 Å². The van der Waals surface area contributed by atoms with Gasteiger partial charge in [0.1, 0.15) is 11.8 Å². The predicted octanol–water partition coefficient (Wildman–Crippen LogP) is 6.74. The Bertz CT molecular complexity index is 1800. The van der Waals surface area contributed by atoms with Crippen molar-refractivity contribution in [3.05, 3.63) is 110 Å². The van der Waals surface area contributed by atoms with E-state index in [0.717, 1.165) is 0 Å². The molecule has 1 aliphatic heterocycles. The minimum absolute atomic E-state index is 2.46. The second kappa shape index (κ2) is 11.5. The van der Waals surface area contributed by atoms with Gasteiger partial charge in [0.25, 0.3) is 5.79 Å². The molecule has 4 nitrogen and oxygen atoms in total. The normalized spacial score (nSPS) is 21.6. The summed E-state index contributed by atoms with van der Waals surface area (Å²) in [6.07, 6.45) is -4.83. The third-order valence-corrected chi connectivity index (χ3v) is 6.56. The number of nitrogens with zero attached hydrogens (tertiary/aromatic N) is 1. The minimum atomic E-state index is -6.79. The van der Waals surface area contributed by atoms with Crippen LogP contribution in [0.15, 0.2) is 11.8 Å². The molecule has 254 valence electrons. The van der Waals surface area contributed by atoms with Crippen molar-refractivity contribution >= 4 is 13.0 Å². The molecule has 0 bridgehead atoms. The summed E-state index contributed by atoms with van der Waals surface area (Å²) in [5.41, 5.74) is -17.6. The van der Waals surface area contributed by atoms with Crippen LogP contribution in [0.5, 0.6) is 0 Å². The van der Waals surface area contributed by atoms with Crippen molar-refractivity contribution in [3.8, 4) is 0 Å². The zero-order valence-corrected chi connectivity index (χ0v) is 21.1. The fraction of sp³-hybridized carbons (Fsp3) is 0.130. The van der Waals surface area contributed by atoms with Gasteiger partial charge in [-0.3, -0.25) is 4.90 Å². The van der Waals surface area contributed by atoms with E-state index >= 15 is 35.1 Å². The van der Waals surface area contributed by atoms with E-state index in [-0.39, 0.29) is 0 Å². The van der Waals surface area contributed by atoms with Gasteiger partial charge in [0, 0.05) is 0 Å². The van der Waals surface area contributed by atoms with Gasteiger partial charge in [-0.2, -0.15) is 4.39 Å². The molecule has 3 atom stereocenters. The fourth-order valence-electron chi connectivity index (χ4n) is 4.59. The highest BCUT2D eigenvalue weighted by molar-refractivity contribution is 6.32. The van der Waals surface area contributed by atoms with E-state index in [4.69, 9.17) is 10.0 Å². The summed E-state index contributed by atoms with van der Waals surface area (Å²) in [6, 6.07) is 0. The maximum atomic E-state index is 17.6. The maximum absolute atomic E-state index is 17.6. The van der Waals surface area contributed by atoms with Crippen molar-refractivity contribution in [2.75, 3.05) is 4.90 Å². The SMILES string of the molecule is OB(O)OC1C(F)=C(F)N(c2c(F)c(F)c(F)c(F)c2F)C(F)(c2c(F)c(F)c(F)c(F)c2F)C1(F)c1c(F)c(F)c(F)c(F)c1F. The largest absolute Gasteiger partial charge is 0.634 e. The monoisotopic (exact) mass is 713 g/mol. The van der Waals surface area contributed by atoms with Crippen LogP contribution >= 0.6 is 0 Å². The molecule has 2 N–H and O–H groups in total. The highest BCUT2D eigenvalue weighted by Gasteiger charge is 2.75. The van der Waals surface area contributed by atoms with Crippen molar-refractivity contribution in [1.29, 1.82) is 0 Å². The number of hydrogen-bond donors (Lipinski definition) is 2. The van der Waals surface area contributed by atoms with Crippen LogP contribution in [0.3, 0.4) is 0 Å². The maximum Gasteiger partial charge on any atom is 0.634 e. The average molecular weight is 713 g/mol. The molecule has 1 heterocycles. The van der Waals surface area contributed by atoms with Crippen LogP contribution in [-0.2, 0) is 16.1 Å². The molecule has 0 saturated heterocycles. The Balaban J connectivity index is 2.47. The highest BCUT2D eigenvalue weighted by atomic mass is 19.2. The number of halogens is 19. The smallest absolute Gasteiger partial charge is 0.402 e. The zero-order chi connectivity index (χ0) is 36.0. The minimum Gasteiger partial charge on any atom is -0.402 e. The summed E-state index contributed by atoms with van der Waals surface area (Å²) in [7, 11) is -3.96. The van der Waals surface area contributed by atoms with Gasteiger partial charge in [0.05, 0.1) is 11.1 Å². The average Bonchev–Trinajstić information content (AvgIpc) is 3.01. The summed E-state index contributed by atoms with van der Waals surface area (Å²) in [6.45, 7) is 0. The summed E-state index contributed by atoms with van der Waals surface area (Å²) >= 11 is 0. The van der Waals surface area contributed by atoms with Crippen molar-refractivity contribution in [2.45, 2.75) is 17.6 Å². The van der Waals surface area contributed by atoms with Crippen molar-refractivity contribution in [3.63, 3.8) is 0 Å². The van der Waals surface area contributed by atoms with Gasteiger partial charge < -0.3 is 14.7 Å². The zero-order valence-electron chi connectivity index (χ0n) is 21.1. The Morgan fingerprint density at radius 2 is 0.766 bits per heavy atom. The van der Waals surface area contributed by atoms with E-state index in [0.29, 0.717) is 0 Å². The molecule has 3 aromatic carbocycles. The van der Waals surface area contributed by atoms with E-state index in [1.807, 2.05) is 0 Å². The lowest BCUT2D eigenvalue weighted by atomic mass is 9.72. The third kappa shape index (κ3) is 4.54. The van der Waals surface area contributed by atoms with Gasteiger partial charge in [0.2, 0.25) is 29.1 Å². The molecule has 4 rings (SSSR count). The van der Waals surface area contributed by atoms with Crippen LogP contribution < -0.4 is 4.90 Å². The van der Waals surface area contributed by atoms with Crippen LogP contribution in [0.2, 0.25) is 0 Å². The van der Waals surface area contributed by atoms with Gasteiger partial charge in [-0.25, -0.2) is 79.0 Å². The third-order valence-electron chi connectivity index (χ3n) is 6.56. The van der Waals surface area contributed by atoms with Gasteiger partial charge in [-0.05, 0) is 0 Å². The second-order valence-corrected chi connectivity index (χ2v) is 8.96. The number of alkyl halides is 2. The molecule has 0 amide bonds. The van der Waals surface area contributed by atoms with E-state index < -0.39 is 146 Å². The molecule has 0 saturated carbocycles. The number of hydrogen-bond acceptors (Lipinski definition) is 4. The molecule has 0 aliphatic carbocycles. The van der Waals surface area contributed by atoms with Crippen molar-refractivity contribution in [1.82, 2.24) is 0 Å². The Morgan fingerprint density at radius 1 is 0.468 bits per heavy atom. The Labute approximate surface area is 244 Å². The van der Waals surface area contributed by atoms with Gasteiger partial charge >= 0.3 is 7.32 Å². The Morgan fingerprint density at radius 3 is 1.11 bits per heavy atom. The molecular weight excluding hydrogens is 710 g/mol. The standard InChI is InChI=1S/C23H3BF19NO3/c25-3-1(4(26)8(30)11(33)7(3)29)22(42)20(47-24(45)46)18(40)21(41)44(19-16(38)14(36)13(35)15(37)17(19)39)23(22,43)2-5(27)9(31)12(34)10(32)6(2)28/h20,45-46H. The van der Waals surface area contributed by atoms with E-state index in [1.54, 1.807) is 0 Å².